The zero-order chi connectivity index (χ0) is 28.3. The number of nitrogens with one attached hydrogen (secondary N) is 1. The fraction of sp³-hybridized carbons (Fsp3) is 0.312. The van der Waals surface area contributed by atoms with Gasteiger partial charge in [0.1, 0.15) is 0 Å². The summed E-state index contributed by atoms with van der Waals surface area (Å²) < 4.78 is 13.0. The van der Waals surface area contributed by atoms with Gasteiger partial charge < -0.3 is 19.4 Å². The second kappa shape index (κ2) is 13.9. The molecule has 8 heteroatoms. The van der Waals surface area contributed by atoms with E-state index < -0.39 is 17.9 Å². The molecule has 2 aromatic heterocycles. The Balaban J connectivity index is 1.70. The molecule has 4 rings (SSSR count). The van der Waals surface area contributed by atoms with Crippen LogP contribution in [0.25, 0.3) is 11.4 Å². The minimum absolute atomic E-state index is 0.0789. The molecule has 40 heavy (non-hydrogen) atoms. The van der Waals surface area contributed by atoms with E-state index in [1.54, 1.807) is 37.9 Å². The monoisotopic (exact) mass is 538 g/mol. The molecule has 1 aliphatic heterocycles. The van der Waals surface area contributed by atoms with Crippen molar-refractivity contribution in [1.29, 1.82) is 0 Å². The van der Waals surface area contributed by atoms with E-state index in [-0.39, 0.29) is 13.2 Å². The number of nitrogens with zero attached hydrogens (tertiary/aromatic N) is 3. The quantitative estimate of drug-likeness (QED) is 0.215. The van der Waals surface area contributed by atoms with Gasteiger partial charge >= 0.3 is 11.9 Å². The maximum absolute atomic E-state index is 13.5. The van der Waals surface area contributed by atoms with E-state index in [1.165, 1.54) is 0 Å². The van der Waals surface area contributed by atoms with Crippen LogP contribution in [0.15, 0.2) is 84.4 Å². The van der Waals surface area contributed by atoms with Crippen LogP contribution in [-0.4, -0.2) is 39.7 Å². The van der Waals surface area contributed by atoms with E-state index >= 15 is 0 Å². The Morgan fingerprint density at radius 3 is 2.60 bits per heavy atom. The van der Waals surface area contributed by atoms with Crippen LogP contribution in [-0.2, 0) is 19.1 Å². The van der Waals surface area contributed by atoms with Crippen molar-refractivity contribution in [3.63, 3.8) is 0 Å². The maximum Gasteiger partial charge on any atom is 0.337 e. The van der Waals surface area contributed by atoms with Gasteiger partial charge in [0.15, 0.2) is 6.61 Å². The number of pyridine rings is 1. The van der Waals surface area contributed by atoms with Gasteiger partial charge in [0.2, 0.25) is 0 Å². The van der Waals surface area contributed by atoms with Gasteiger partial charge in [-0.3, -0.25) is 4.98 Å². The van der Waals surface area contributed by atoms with E-state index in [1.807, 2.05) is 48.0 Å². The van der Waals surface area contributed by atoms with Crippen LogP contribution in [0.2, 0.25) is 0 Å². The average Bonchev–Trinajstić information content (AvgIpc) is 3.51. The number of carbonyl (C=O) groups excluding carboxylic acids is 2. The number of aromatic nitrogens is 3. The summed E-state index contributed by atoms with van der Waals surface area (Å²) in [6.45, 7) is 5.88. The van der Waals surface area contributed by atoms with Crippen molar-refractivity contribution in [2.24, 2.45) is 5.92 Å². The molecule has 0 saturated carbocycles. The van der Waals surface area contributed by atoms with Gasteiger partial charge in [0.05, 0.1) is 29.8 Å². The van der Waals surface area contributed by atoms with Crippen molar-refractivity contribution in [1.82, 2.24) is 19.9 Å². The molecule has 0 radical (unpaired) electrons. The molecule has 0 bridgehead atoms. The molecular weight excluding hydrogens is 504 g/mol. The first kappa shape index (κ1) is 28.4. The highest BCUT2D eigenvalue weighted by molar-refractivity contribution is 6.03. The summed E-state index contributed by atoms with van der Waals surface area (Å²) in [5.41, 5.74) is 4.57. The first-order valence-electron chi connectivity index (χ1n) is 13.6. The van der Waals surface area contributed by atoms with Crippen molar-refractivity contribution in [3.8, 4) is 17.5 Å². The van der Waals surface area contributed by atoms with Crippen LogP contribution in [0.4, 0.5) is 0 Å². The van der Waals surface area contributed by atoms with E-state index in [2.05, 4.69) is 34.0 Å². The van der Waals surface area contributed by atoms with Crippen molar-refractivity contribution in [2.75, 3.05) is 13.2 Å². The van der Waals surface area contributed by atoms with Crippen LogP contribution in [0.5, 0.6) is 0 Å². The topological polar surface area (TPSA) is 95.3 Å². The number of dihydropyridines is 1. The lowest BCUT2D eigenvalue weighted by Crippen LogP contribution is -2.34. The summed E-state index contributed by atoms with van der Waals surface area (Å²) in [5.74, 6) is 4.38. The zero-order valence-corrected chi connectivity index (χ0v) is 23.1. The summed E-state index contributed by atoms with van der Waals surface area (Å²) in [6.07, 6.45) is 12.1. The molecule has 0 saturated heterocycles. The third-order valence-electron chi connectivity index (χ3n) is 6.60. The third kappa shape index (κ3) is 6.86. The van der Waals surface area contributed by atoms with E-state index in [0.717, 1.165) is 36.1 Å². The van der Waals surface area contributed by atoms with Gasteiger partial charge in [-0.15, -0.1) is 0 Å². The number of carbonyl (C=O) groups is 2. The number of allylic oxidation sites excluding steroid dienone is 1. The first-order valence-corrected chi connectivity index (χ1v) is 13.6. The summed E-state index contributed by atoms with van der Waals surface area (Å²) in [7, 11) is 0. The molecule has 206 valence electrons. The SMILES string of the molecule is CCCCCC1C(C(=O)OCC#Cc2cccnc2)=C(C)NC(c2cccc(-n3ccnc3)c2)=C1C(=O)OCC. The Labute approximate surface area is 235 Å². The van der Waals surface area contributed by atoms with Crippen molar-refractivity contribution < 1.29 is 19.1 Å². The molecule has 0 amide bonds. The minimum atomic E-state index is -0.500. The Kier molecular flexibility index (Phi) is 9.89. The third-order valence-corrected chi connectivity index (χ3v) is 6.60. The predicted molar refractivity (Wildman–Crippen MR) is 153 cm³/mol. The molecule has 8 nitrogen and oxygen atoms in total. The Morgan fingerprint density at radius 1 is 1.02 bits per heavy atom. The molecule has 3 heterocycles. The van der Waals surface area contributed by atoms with Crippen molar-refractivity contribution in [2.45, 2.75) is 46.5 Å². The predicted octanol–water partition coefficient (Wildman–Crippen LogP) is 5.21. The summed E-state index contributed by atoms with van der Waals surface area (Å²) >= 11 is 0. The summed E-state index contributed by atoms with van der Waals surface area (Å²) in [5, 5.41) is 3.35. The number of benzene rings is 1. The normalized spacial score (nSPS) is 14.7. The molecule has 0 spiro atoms. The van der Waals surface area contributed by atoms with Gasteiger partial charge in [0.25, 0.3) is 0 Å². The second-order valence-electron chi connectivity index (χ2n) is 9.36. The number of hydrogen-bond acceptors (Lipinski definition) is 7. The number of ether oxygens (including phenoxy) is 2. The summed E-state index contributed by atoms with van der Waals surface area (Å²) in [4.78, 5) is 35.1. The van der Waals surface area contributed by atoms with Crippen molar-refractivity contribution >= 4 is 17.6 Å². The molecule has 1 unspecified atom stereocenters. The van der Waals surface area contributed by atoms with Crippen LogP contribution in [0.1, 0.15) is 57.6 Å². The lowest BCUT2D eigenvalue weighted by molar-refractivity contribution is -0.139. The second-order valence-corrected chi connectivity index (χ2v) is 9.36. The van der Waals surface area contributed by atoms with Crippen LogP contribution < -0.4 is 5.32 Å². The minimum Gasteiger partial charge on any atom is -0.463 e. The Hall–Kier alpha value is -4.64. The van der Waals surface area contributed by atoms with E-state index in [9.17, 15) is 9.59 Å². The van der Waals surface area contributed by atoms with Gasteiger partial charge in [-0.2, -0.15) is 0 Å². The molecule has 1 aromatic carbocycles. The van der Waals surface area contributed by atoms with Gasteiger partial charge in [-0.25, -0.2) is 14.6 Å². The number of imidazole rings is 1. The van der Waals surface area contributed by atoms with E-state index in [4.69, 9.17) is 9.47 Å². The van der Waals surface area contributed by atoms with Crippen LogP contribution in [0.3, 0.4) is 0 Å². The highest BCUT2D eigenvalue weighted by atomic mass is 16.5. The maximum atomic E-state index is 13.5. The standard InChI is InChI=1S/C32H34N4O4/c1-4-6-7-15-27-28(31(37)40-19-10-12-24-11-9-16-33-21-24)23(3)35-30(29(27)32(38)39-5-2)25-13-8-14-26(20-25)36-18-17-34-22-36/h8-9,11,13-14,16-18,20-22,27,35H,4-7,15,19H2,1-3H3. The molecule has 1 atom stereocenters. The Bertz CT molecular complexity index is 1450. The number of rotatable bonds is 10. The highest BCUT2D eigenvalue weighted by Gasteiger charge is 2.38. The fourth-order valence-corrected chi connectivity index (χ4v) is 4.75. The van der Waals surface area contributed by atoms with Gasteiger partial charge in [-0.05, 0) is 44.5 Å². The number of esters is 2. The number of unbranched alkanes of at least 4 members (excludes halogenated alkanes) is 2. The molecule has 0 aliphatic carbocycles. The summed E-state index contributed by atoms with van der Waals surface area (Å²) in [6, 6.07) is 11.5. The van der Waals surface area contributed by atoms with Gasteiger partial charge in [-0.1, -0.05) is 50.2 Å². The Morgan fingerprint density at radius 2 is 1.88 bits per heavy atom. The average molecular weight is 539 g/mol. The fourth-order valence-electron chi connectivity index (χ4n) is 4.75. The largest absolute Gasteiger partial charge is 0.463 e. The molecule has 1 N–H and O–H groups in total. The molecular formula is C32H34N4O4. The van der Waals surface area contributed by atoms with E-state index in [0.29, 0.717) is 29.0 Å². The lowest BCUT2D eigenvalue weighted by Gasteiger charge is -2.31. The smallest absolute Gasteiger partial charge is 0.337 e. The van der Waals surface area contributed by atoms with Crippen LogP contribution in [0, 0.1) is 17.8 Å². The molecule has 0 fully saturated rings. The molecule has 3 aromatic rings. The molecule has 1 aliphatic rings. The van der Waals surface area contributed by atoms with Crippen LogP contribution >= 0.6 is 0 Å². The highest BCUT2D eigenvalue weighted by Crippen LogP contribution is 2.38. The zero-order valence-electron chi connectivity index (χ0n) is 23.1. The van der Waals surface area contributed by atoms with Crippen molar-refractivity contribution in [3.05, 3.63) is 95.5 Å². The first-order chi connectivity index (χ1) is 19.5. The lowest BCUT2D eigenvalue weighted by atomic mass is 9.80. The van der Waals surface area contributed by atoms with Gasteiger partial charge in [0, 0.05) is 53.2 Å². The number of hydrogen-bond donors (Lipinski definition) is 1.